The van der Waals surface area contributed by atoms with Crippen molar-refractivity contribution in [1.82, 2.24) is 4.98 Å². The number of carbonyl (C=O) groups excluding carboxylic acids is 1. The van der Waals surface area contributed by atoms with Gasteiger partial charge in [-0.15, -0.1) is 0 Å². The molecule has 0 aromatic carbocycles. The quantitative estimate of drug-likeness (QED) is 0.693. The number of pyridine rings is 1. The Balaban J connectivity index is 2.19. The van der Waals surface area contributed by atoms with Crippen LogP contribution in [0.5, 0.6) is 0 Å². The summed E-state index contributed by atoms with van der Waals surface area (Å²) in [7, 11) is 0. The zero-order valence-electron chi connectivity index (χ0n) is 9.23. The first-order valence-corrected chi connectivity index (χ1v) is 5.42. The van der Waals surface area contributed by atoms with Crippen LogP contribution in [-0.4, -0.2) is 23.4 Å². The highest BCUT2D eigenvalue weighted by Gasteiger charge is 2.21. The highest BCUT2D eigenvalue weighted by molar-refractivity contribution is 5.93. The van der Waals surface area contributed by atoms with Crippen LogP contribution < -0.4 is 4.90 Å². The van der Waals surface area contributed by atoms with E-state index in [4.69, 9.17) is 0 Å². The number of rotatable bonds is 2. The Morgan fingerprint density at radius 1 is 1.53 bits per heavy atom. The van der Waals surface area contributed by atoms with Crippen LogP contribution in [0, 0.1) is 0 Å². The van der Waals surface area contributed by atoms with Gasteiger partial charge in [0.05, 0.1) is 0 Å². The maximum atomic E-state index is 11.1. The van der Waals surface area contributed by atoms with Gasteiger partial charge in [0.15, 0.2) is 5.78 Å². The molecule has 2 rings (SSSR count). The van der Waals surface area contributed by atoms with Crippen molar-refractivity contribution in [2.45, 2.75) is 32.7 Å². The number of nitrogens with zero attached hydrogens (tertiary/aromatic N) is 2. The van der Waals surface area contributed by atoms with Gasteiger partial charge < -0.3 is 4.90 Å². The number of hydrogen-bond donors (Lipinski definition) is 0. The van der Waals surface area contributed by atoms with Gasteiger partial charge in [0.25, 0.3) is 0 Å². The Labute approximate surface area is 90.1 Å². The predicted molar refractivity (Wildman–Crippen MR) is 60.3 cm³/mol. The lowest BCUT2D eigenvalue weighted by atomic mass is 10.2. The Morgan fingerprint density at radius 2 is 2.33 bits per heavy atom. The van der Waals surface area contributed by atoms with E-state index < -0.39 is 0 Å². The normalized spacial score (nSPS) is 20.7. The standard InChI is InChI=1S/C12H16N2O/c1-9-4-3-7-14(9)12-6-5-11(8-13-12)10(2)15/h5-6,8-9H,3-4,7H2,1-2H3. The van der Waals surface area contributed by atoms with Gasteiger partial charge in [-0.25, -0.2) is 4.98 Å². The van der Waals surface area contributed by atoms with E-state index in [-0.39, 0.29) is 5.78 Å². The van der Waals surface area contributed by atoms with E-state index in [0.717, 1.165) is 12.4 Å². The zero-order chi connectivity index (χ0) is 10.8. The van der Waals surface area contributed by atoms with Crippen molar-refractivity contribution >= 4 is 11.6 Å². The monoisotopic (exact) mass is 204 g/mol. The van der Waals surface area contributed by atoms with Crippen LogP contribution >= 0.6 is 0 Å². The number of Topliss-reactive ketones (excluding diaryl/α,β-unsaturated/α-hetero) is 1. The van der Waals surface area contributed by atoms with Gasteiger partial charge in [0.2, 0.25) is 0 Å². The molecular weight excluding hydrogens is 188 g/mol. The lowest BCUT2D eigenvalue weighted by Gasteiger charge is -2.22. The number of hydrogen-bond acceptors (Lipinski definition) is 3. The third-order valence-electron chi connectivity index (χ3n) is 3.00. The van der Waals surface area contributed by atoms with Gasteiger partial charge in [0.1, 0.15) is 5.82 Å². The van der Waals surface area contributed by atoms with E-state index in [0.29, 0.717) is 11.6 Å². The first-order valence-electron chi connectivity index (χ1n) is 5.42. The maximum Gasteiger partial charge on any atom is 0.161 e. The van der Waals surface area contributed by atoms with E-state index in [9.17, 15) is 4.79 Å². The number of aromatic nitrogens is 1. The maximum absolute atomic E-state index is 11.1. The van der Waals surface area contributed by atoms with Crippen molar-refractivity contribution in [1.29, 1.82) is 0 Å². The van der Waals surface area contributed by atoms with Crippen molar-refractivity contribution in [3.63, 3.8) is 0 Å². The molecule has 1 saturated heterocycles. The fourth-order valence-electron chi connectivity index (χ4n) is 2.04. The summed E-state index contributed by atoms with van der Waals surface area (Å²) in [4.78, 5) is 17.7. The van der Waals surface area contributed by atoms with Gasteiger partial charge in [-0.1, -0.05) is 0 Å². The number of carbonyl (C=O) groups is 1. The summed E-state index contributed by atoms with van der Waals surface area (Å²) >= 11 is 0. The van der Waals surface area contributed by atoms with Gasteiger partial charge >= 0.3 is 0 Å². The number of anilines is 1. The summed E-state index contributed by atoms with van der Waals surface area (Å²) in [5.41, 5.74) is 0.686. The van der Waals surface area contributed by atoms with Crippen LogP contribution in [0.15, 0.2) is 18.3 Å². The second-order valence-electron chi connectivity index (χ2n) is 4.15. The predicted octanol–water partition coefficient (Wildman–Crippen LogP) is 2.27. The van der Waals surface area contributed by atoms with Crippen LogP contribution in [0.4, 0.5) is 5.82 Å². The summed E-state index contributed by atoms with van der Waals surface area (Å²) in [5, 5.41) is 0. The molecule has 3 nitrogen and oxygen atoms in total. The van der Waals surface area contributed by atoms with Gasteiger partial charge in [0, 0.05) is 24.3 Å². The minimum Gasteiger partial charge on any atom is -0.354 e. The SMILES string of the molecule is CC(=O)c1ccc(N2CCCC2C)nc1. The molecule has 1 atom stereocenters. The molecule has 0 bridgehead atoms. The van der Waals surface area contributed by atoms with Crippen molar-refractivity contribution in [2.75, 3.05) is 11.4 Å². The summed E-state index contributed by atoms with van der Waals surface area (Å²) in [6.45, 7) is 4.86. The van der Waals surface area contributed by atoms with Gasteiger partial charge in [-0.3, -0.25) is 4.79 Å². The van der Waals surface area contributed by atoms with Gasteiger partial charge in [-0.2, -0.15) is 0 Å². The molecule has 1 fully saturated rings. The molecule has 0 amide bonds. The van der Waals surface area contributed by atoms with Crippen LogP contribution in [0.1, 0.15) is 37.0 Å². The average molecular weight is 204 g/mol. The van der Waals surface area contributed by atoms with Crippen molar-refractivity contribution < 1.29 is 4.79 Å². The fourth-order valence-corrected chi connectivity index (χ4v) is 2.04. The summed E-state index contributed by atoms with van der Waals surface area (Å²) in [6, 6.07) is 4.37. The van der Waals surface area contributed by atoms with E-state index >= 15 is 0 Å². The topological polar surface area (TPSA) is 33.2 Å². The minimum atomic E-state index is 0.0727. The van der Waals surface area contributed by atoms with Crippen molar-refractivity contribution in [2.24, 2.45) is 0 Å². The number of ketones is 1. The molecule has 1 aliphatic heterocycles. The summed E-state index contributed by atoms with van der Waals surface area (Å²) in [6.07, 6.45) is 4.14. The molecule has 0 saturated carbocycles. The van der Waals surface area contributed by atoms with E-state index in [1.54, 1.807) is 13.1 Å². The molecule has 1 aromatic rings. The molecule has 1 unspecified atom stereocenters. The van der Waals surface area contributed by atoms with Crippen LogP contribution in [-0.2, 0) is 0 Å². The molecule has 0 aliphatic carbocycles. The van der Waals surface area contributed by atoms with Gasteiger partial charge in [-0.05, 0) is 38.8 Å². The van der Waals surface area contributed by atoms with Crippen LogP contribution in [0.25, 0.3) is 0 Å². The molecule has 15 heavy (non-hydrogen) atoms. The van der Waals surface area contributed by atoms with Crippen molar-refractivity contribution in [3.05, 3.63) is 23.9 Å². The Bertz CT molecular complexity index is 358. The first kappa shape index (κ1) is 10.1. The molecule has 0 N–H and O–H groups in total. The minimum absolute atomic E-state index is 0.0727. The molecular formula is C12H16N2O. The third-order valence-corrected chi connectivity index (χ3v) is 3.00. The molecule has 1 aliphatic rings. The largest absolute Gasteiger partial charge is 0.354 e. The smallest absolute Gasteiger partial charge is 0.161 e. The van der Waals surface area contributed by atoms with E-state index in [1.165, 1.54) is 12.8 Å². The average Bonchev–Trinajstić information content (AvgIpc) is 2.65. The van der Waals surface area contributed by atoms with E-state index in [2.05, 4.69) is 16.8 Å². The summed E-state index contributed by atoms with van der Waals surface area (Å²) < 4.78 is 0. The highest BCUT2D eigenvalue weighted by atomic mass is 16.1. The Morgan fingerprint density at radius 3 is 2.80 bits per heavy atom. The Kier molecular flexibility index (Phi) is 2.71. The lowest BCUT2D eigenvalue weighted by Crippen LogP contribution is -2.27. The Hall–Kier alpha value is -1.38. The lowest BCUT2D eigenvalue weighted by molar-refractivity contribution is 0.101. The third kappa shape index (κ3) is 2.01. The molecule has 3 heteroatoms. The van der Waals surface area contributed by atoms with Crippen LogP contribution in [0.2, 0.25) is 0 Å². The molecule has 2 heterocycles. The van der Waals surface area contributed by atoms with E-state index in [1.807, 2.05) is 12.1 Å². The first-order chi connectivity index (χ1) is 7.18. The fraction of sp³-hybridized carbons (Fsp3) is 0.500. The summed E-state index contributed by atoms with van der Waals surface area (Å²) in [5.74, 6) is 1.06. The molecule has 0 spiro atoms. The second kappa shape index (κ2) is 4.01. The molecule has 80 valence electrons. The second-order valence-corrected chi connectivity index (χ2v) is 4.15. The zero-order valence-corrected chi connectivity index (χ0v) is 9.23. The molecule has 0 radical (unpaired) electrons. The van der Waals surface area contributed by atoms with Crippen LogP contribution in [0.3, 0.4) is 0 Å². The van der Waals surface area contributed by atoms with Crippen molar-refractivity contribution in [3.8, 4) is 0 Å². The molecule has 1 aromatic heterocycles. The highest BCUT2D eigenvalue weighted by Crippen LogP contribution is 2.23.